The van der Waals surface area contributed by atoms with Gasteiger partial charge in [0, 0.05) is 23.4 Å². The summed E-state index contributed by atoms with van der Waals surface area (Å²) in [5, 5.41) is 11.8. The molecule has 0 radical (unpaired) electrons. The molecular weight excluding hydrogens is 496 g/mol. The van der Waals surface area contributed by atoms with Crippen LogP contribution in [-0.4, -0.2) is 66.7 Å². The van der Waals surface area contributed by atoms with E-state index in [1.807, 2.05) is 12.1 Å². The number of carboxylic acids is 1. The highest BCUT2D eigenvalue weighted by molar-refractivity contribution is 7.59. The lowest BCUT2D eigenvalue weighted by Crippen LogP contribution is -2.63. The smallest absolute Gasteiger partial charge is 0.326 e. The average Bonchev–Trinajstić information content (AvgIpc) is 3.19. The number of piperidine rings is 1. The summed E-state index contributed by atoms with van der Waals surface area (Å²) in [5.41, 5.74) is 2.20. The van der Waals surface area contributed by atoms with Gasteiger partial charge in [0.15, 0.2) is 17.6 Å². The lowest BCUT2D eigenvalue weighted by molar-refractivity contribution is -0.145. The maximum atomic E-state index is 12.8. The van der Waals surface area contributed by atoms with Gasteiger partial charge in [-0.25, -0.2) is 4.79 Å². The molecule has 5 atom stereocenters. The van der Waals surface area contributed by atoms with Gasteiger partial charge >= 0.3 is 11.9 Å². The topological polar surface area (TPSA) is 114 Å². The lowest BCUT2D eigenvalue weighted by Gasteiger charge is -2.56. The van der Waals surface area contributed by atoms with Gasteiger partial charge in [0.25, 0.3) is 0 Å². The summed E-state index contributed by atoms with van der Waals surface area (Å²) in [6.07, 6.45) is 3.88. The van der Waals surface area contributed by atoms with E-state index in [-0.39, 0.29) is 37.7 Å². The zero-order chi connectivity index (χ0) is 25.8. The maximum Gasteiger partial charge on any atom is 0.326 e. The Morgan fingerprint density at radius 2 is 2.03 bits per heavy atom. The molecule has 1 amide bonds. The number of benzene rings is 1. The van der Waals surface area contributed by atoms with E-state index in [1.54, 1.807) is 21.0 Å². The van der Waals surface area contributed by atoms with Crippen LogP contribution in [0.4, 0.5) is 0 Å². The standard InChI is InChI=1S/C27H34N2O7.H2S/c1-14(2)23(26(32)33)28-20(30)9-10-21(31)35-19-8-6-16-17-13-15-5-7-18(34-4)24-22(15)27(16,25(19)36-24)11-12-29(17)3;/h5,7-8,14,16-17,23,25H,6,9-13H2,1-4H3,(H,28,30)(H,32,33);1H2/t16?,17-,23?,25?,27+;/m1./s1. The van der Waals surface area contributed by atoms with Crippen molar-refractivity contribution >= 4 is 31.3 Å². The summed E-state index contributed by atoms with van der Waals surface area (Å²) >= 11 is 0. The van der Waals surface area contributed by atoms with E-state index in [0.29, 0.717) is 23.5 Å². The third kappa shape index (κ3) is 4.37. The molecule has 1 fully saturated rings. The number of ether oxygens (including phenoxy) is 3. The van der Waals surface area contributed by atoms with Crippen LogP contribution in [0.5, 0.6) is 11.5 Å². The normalized spacial score (nSPS) is 27.7. The number of nitrogens with one attached hydrogen (secondary N) is 1. The SMILES string of the molecule is COc1ccc2c3c1OC1C(OC(=O)CCC(=O)NC(C(=O)O)C(C)C)=CCC4[C@@H](C2)N(C)CC[C@]314.S. The Morgan fingerprint density at radius 1 is 1.27 bits per heavy atom. The van der Waals surface area contributed by atoms with E-state index in [4.69, 9.17) is 14.2 Å². The van der Waals surface area contributed by atoms with Crippen molar-refractivity contribution < 1.29 is 33.7 Å². The predicted octanol–water partition coefficient (Wildman–Crippen LogP) is 2.52. The molecule has 1 aromatic carbocycles. The zero-order valence-electron chi connectivity index (χ0n) is 21.7. The molecule has 9 nitrogen and oxygen atoms in total. The van der Waals surface area contributed by atoms with E-state index in [1.165, 1.54) is 11.1 Å². The minimum Gasteiger partial charge on any atom is -0.493 e. The quantitative estimate of drug-likeness (QED) is 0.491. The Labute approximate surface area is 224 Å². The molecule has 3 unspecified atom stereocenters. The molecule has 2 aliphatic carbocycles. The third-order valence-electron chi connectivity index (χ3n) is 8.46. The van der Waals surface area contributed by atoms with E-state index in [2.05, 4.69) is 23.3 Å². The van der Waals surface area contributed by atoms with Crippen LogP contribution in [0.2, 0.25) is 0 Å². The minimum absolute atomic E-state index is 0. The van der Waals surface area contributed by atoms with Crippen molar-refractivity contribution in [2.45, 2.75) is 69.6 Å². The van der Waals surface area contributed by atoms with Crippen molar-refractivity contribution in [3.8, 4) is 11.5 Å². The summed E-state index contributed by atoms with van der Waals surface area (Å²) in [6.45, 7) is 4.36. The number of hydrogen-bond acceptors (Lipinski definition) is 7. The molecule has 1 saturated heterocycles. The highest BCUT2D eigenvalue weighted by Crippen LogP contribution is 2.63. The second-order valence-electron chi connectivity index (χ2n) is 10.7. The second-order valence-corrected chi connectivity index (χ2v) is 10.7. The van der Waals surface area contributed by atoms with Gasteiger partial charge in [0.1, 0.15) is 11.8 Å². The Hall–Kier alpha value is -2.72. The fourth-order valence-corrected chi connectivity index (χ4v) is 6.72. The number of carboxylic acid groups (broad SMARTS) is 1. The van der Waals surface area contributed by atoms with Gasteiger partial charge in [-0.15, -0.1) is 0 Å². The van der Waals surface area contributed by atoms with Crippen LogP contribution in [0.15, 0.2) is 24.0 Å². The molecule has 2 heterocycles. The lowest BCUT2D eigenvalue weighted by atomic mass is 9.53. The van der Waals surface area contributed by atoms with Crippen LogP contribution in [-0.2, 0) is 31.0 Å². The Balaban J connectivity index is 0.00000320. The highest BCUT2D eigenvalue weighted by Gasteiger charge is 2.64. The fraction of sp³-hybridized carbons (Fsp3) is 0.593. The number of carbonyl (C=O) groups is 3. The van der Waals surface area contributed by atoms with Gasteiger partial charge in [-0.05, 0) is 62.4 Å². The van der Waals surface area contributed by atoms with Gasteiger partial charge in [0.05, 0.1) is 13.5 Å². The second kappa shape index (κ2) is 10.2. The number of rotatable bonds is 8. The molecule has 202 valence electrons. The van der Waals surface area contributed by atoms with Gasteiger partial charge in [-0.1, -0.05) is 19.9 Å². The number of likely N-dealkylation sites (tertiary alicyclic amines) is 1. The van der Waals surface area contributed by atoms with Crippen LogP contribution in [0.1, 0.15) is 50.7 Å². The number of allylic oxidation sites excluding steroid dienone is 1. The van der Waals surface area contributed by atoms with Crippen LogP contribution in [0.25, 0.3) is 0 Å². The summed E-state index contributed by atoms with van der Waals surface area (Å²) in [7, 11) is 3.81. The zero-order valence-corrected chi connectivity index (χ0v) is 22.7. The van der Waals surface area contributed by atoms with Crippen LogP contribution in [0, 0.1) is 11.8 Å². The summed E-state index contributed by atoms with van der Waals surface area (Å²) in [4.78, 5) is 38.9. The number of hydrogen-bond donors (Lipinski definition) is 2. The molecule has 37 heavy (non-hydrogen) atoms. The van der Waals surface area contributed by atoms with Crippen LogP contribution < -0.4 is 14.8 Å². The van der Waals surface area contributed by atoms with Crippen molar-refractivity contribution in [3.05, 3.63) is 35.1 Å². The number of esters is 1. The fourth-order valence-electron chi connectivity index (χ4n) is 6.72. The van der Waals surface area contributed by atoms with Crippen LogP contribution in [0.3, 0.4) is 0 Å². The molecule has 1 aromatic rings. The van der Waals surface area contributed by atoms with E-state index in [9.17, 15) is 19.5 Å². The van der Waals surface area contributed by atoms with Gasteiger partial charge in [-0.3, -0.25) is 9.59 Å². The van der Waals surface area contributed by atoms with Crippen molar-refractivity contribution in [2.24, 2.45) is 11.8 Å². The molecule has 1 spiro atoms. The molecule has 5 rings (SSSR count). The summed E-state index contributed by atoms with van der Waals surface area (Å²) in [5.74, 6) is -0.105. The number of aliphatic carboxylic acids is 1. The number of methoxy groups -OCH3 is 1. The molecule has 4 aliphatic rings. The molecule has 0 aromatic heterocycles. The first kappa shape index (κ1) is 27.3. The minimum atomic E-state index is -1.10. The molecular formula is C27H36N2O7S. The van der Waals surface area contributed by atoms with E-state index < -0.39 is 30.0 Å². The Kier molecular flexibility index (Phi) is 7.54. The van der Waals surface area contributed by atoms with E-state index in [0.717, 1.165) is 31.6 Å². The first-order valence-electron chi connectivity index (χ1n) is 12.7. The number of likely N-dealkylation sites (N-methyl/N-ethyl adjacent to an activating group) is 1. The monoisotopic (exact) mass is 532 g/mol. The first-order chi connectivity index (χ1) is 17.2. The maximum absolute atomic E-state index is 12.8. The first-order valence-corrected chi connectivity index (χ1v) is 12.7. The predicted molar refractivity (Wildman–Crippen MR) is 140 cm³/mol. The molecule has 10 heteroatoms. The Morgan fingerprint density at radius 3 is 2.70 bits per heavy atom. The number of amides is 1. The van der Waals surface area contributed by atoms with Crippen molar-refractivity contribution in [3.63, 3.8) is 0 Å². The molecule has 0 saturated carbocycles. The highest BCUT2D eigenvalue weighted by atomic mass is 32.1. The number of nitrogens with zero attached hydrogens (tertiary/aromatic N) is 1. The molecule has 2 bridgehead atoms. The number of carbonyl (C=O) groups excluding carboxylic acids is 2. The summed E-state index contributed by atoms with van der Waals surface area (Å²) < 4.78 is 18.0. The van der Waals surface area contributed by atoms with Gasteiger partial charge in [0.2, 0.25) is 5.91 Å². The van der Waals surface area contributed by atoms with Crippen molar-refractivity contribution in [1.29, 1.82) is 0 Å². The van der Waals surface area contributed by atoms with Crippen LogP contribution >= 0.6 is 13.5 Å². The van der Waals surface area contributed by atoms with E-state index >= 15 is 0 Å². The molecule has 2 aliphatic heterocycles. The average molecular weight is 533 g/mol. The third-order valence-corrected chi connectivity index (χ3v) is 8.46. The van der Waals surface area contributed by atoms with Crippen molar-refractivity contribution in [2.75, 3.05) is 20.7 Å². The van der Waals surface area contributed by atoms with Crippen molar-refractivity contribution in [1.82, 2.24) is 10.2 Å². The Bertz CT molecular complexity index is 1140. The largest absolute Gasteiger partial charge is 0.493 e. The van der Waals surface area contributed by atoms with Gasteiger partial charge < -0.3 is 29.5 Å². The van der Waals surface area contributed by atoms with Gasteiger partial charge in [-0.2, -0.15) is 13.5 Å². The molecule has 2 N–H and O–H groups in total. The summed E-state index contributed by atoms with van der Waals surface area (Å²) in [6, 6.07) is 3.48.